The highest BCUT2D eigenvalue weighted by atomic mass is 19.1. The lowest BCUT2D eigenvalue weighted by Crippen LogP contribution is -2.39. The van der Waals surface area contributed by atoms with Gasteiger partial charge in [0.2, 0.25) is 0 Å². The number of hydrogen-bond acceptors (Lipinski definition) is 1. The van der Waals surface area contributed by atoms with Crippen LogP contribution in [0, 0.1) is 24.5 Å². The van der Waals surface area contributed by atoms with Gasteiger partial charge in [0.25, 0.3) is 0 Å². The van der Waals surface area contributed by atoms with E-state index in [2.05, 4.69) is 12.2 Å². The lowest BCUT2D eigenvalue weighted by atomic mass is 9.85. The van der Waals surface area contributed by atoms with Crippen molar-refractivity contribution in [3.05, 3.63) is 34.9 Å². The fourth-order valence-corrected chi connectivity index (χ4v) is 2.97. The van der Waals surface area contributed by atoms with Crippen molar-refractivity contribution in [1.29, 1.82) is 0 Å². The monoisotopic (exact) mass is 267 g/mol. The summed E-state index contributed by atoms with van der Waals surface area (Å²) in [7, 11) is 0. The van der Waals surface area contributed by atoms with E-state index in [1.807, 2.05) is 6.92 Å². The summed E-state index contributed by atoms with van der Waals surface area (Å²) < 4.78 is 27.5. The lowest BCUT2D eigenvalue weighted by molar-refractivity contribution is 0.261. The molecule has 1 N–H and O–H groups in total. The fourth-order valence-electron chi connectivity index (χ4n) is 2.97. The maximum atomic E-state index is 13.9. The highest BCUT2D eigenvalue weighted by Crippen LogP contribution is 2.27. The van der Waals surface area contributed by atoms with Crippen LogP contribution in [0.25, 0.3) is 0 Å². The molecule has 1 fully saturated rings. The van der Waals surface area contributed by atoms with Crippen molar-refractivity contribution in [1.82, 2.24) is 5.32 Å². The van der Waals surface area contributed by atoms with Gasteiger partial charge in [0.05, 0.1) is 0 Å². The second-order valence-corrected chi connectivity index (χ2v) is 5.88. The molecule has 1 saturated carbocycles. The topological polar surface area (TPSA) is 12.0 Å². The first-order valence-electron chi connectivity index (χ1n) is 7.20. The molecule has 1 aliphatic rings. The second-order valence-electron chi connectivity index (χ2n) is 5.88. The quantitative estimate of drug-likeness (QED) is 0.850. The predicted octanol–water partition coefficient (Wildman–Crippen LogP) is 4.50. The van der Waals surface area contributed by atoms with Gasteiger partial charge in [-0.25, -0.2) is 8.78 Å². The van der Waals surface area contributed by atoms with Crippen LogP contribution >= 0.6 is 0 Å². The summed E-state index contributed by atoms with van der Waals surface area (Å²) in [5.41, 5.74) is 0.792. The van der Waals surface area contributed by atoms with Gasteiger partial charge in [-0.05, 0) is 50.3 Å². The van der Waals surface area contributed by atoms with E-state index >= 15 is 0 Å². The predicted molar refractivity (Wildman–Crippen MR) is 74.1 cm³/mol. The normalized spacial score (nSPS) is 25.3. The number of hydrogen-bond donors (Lipinski definition) is 1. The van der Waals surface area contributed by atoms with Crippen LogP contribution in [0.2, 0.25) is 0 Å². The molecule has 0 amide bonds. The molecule has 0 spiro atoms. The zero-order valence-electron chi connectivity index (χ0n) is 12.0. The molecule has 1 aromatic rings. The lowest BCUT2D eigenvalue weighted by Gasteiger charge is -2.32. The van der Waals surface area contributed by atoms with E-state index in [1.165, 1.54) is 31.4 Å². The van der Waals surface area contributed by atoms with E-state index < -0.39 is 0 Å². The summed E-state index contributed by atoms with van der Waals surface area (Å²) in [5.74, 6) is -0.0429. The van der Waals surface area contributed by atoms with Crippen LogP contribution in [0.3, 0.4) is 0 Å². The summed E-state index contributed by atoms with van der Waals surface area (Å²) in [4.78, 5) is 0. The summed E-state index contributed by atoms with van der Waals surface area (Å²) in [5, 5.41) is 3.47. The molecular weight excluding hydrogens is 244 g/mol. The third kappa shape index (κ3) is 3.33. The molecule has 0 bridgehead atoms. The molecule has 0 saturated heterocycles. The minimum atomic E-state index is -0.332. The number of aryl methyl sites for hydroxylation is 1. The maximum Gasteiger partial charge on any atom is 0.128 e. The summed E-state index contributed by atoms with van der Waals surface area (Å²) >= 11 is 0. The molecule has 2 rings (SSSR count). The van der Waals surface area contributed by atoms with Gasteiger partial charge in [-0.15, -0.1) is 0 Å². The van der Waals surface area contributed by atoms with Crippen LogP contribution in [0.1, 0.15) is 56.7 Å². The molecule has 3 unspecified atom stereocenters. The Kier molecular flexibility index (Phi) is 4.56. The Morgan fingerprint density at radius 2 is 1.84 bits per heavy atom. The van der Waals surface area contributed by atoms with Gasteiger partial charge >= 0.3 is 0 Å². The first-order chi connectivity index (χ1) is 8.99. The Morgan fingerprint density at radius 3 is 2.53 bits per heavy atom. The molecule has 3 heteroatoms. The molecule has 1 nitrogen and oxygen atoms in total. The van der Waals surface area contributed by atoms with Crippen LogP contribution in [0.15, 0.2) is 12.1 Å². The van der Waals surface area contributed by atoms with Crippen LogP contribution < -0.4 is 5.32 Å². The largest absolute Gasteiger partial charge is 0.307 e. The van der Waals surface area contributed by atoms with Gasteiger partial charge in [0.1, 0.15) is 11.6 Å². The van der Waals surface area contributed by atoms with E-state index in [0.717, 1.165) is 6.42 Å². The maximum absolute atomic E-state index is 13.9. The SMILES string of the molecule is Cc1cc(F)c(C(C)NC2CCCCC2C)cc1F. The first-order valence-corrected chi connectivity index (χ1v) is 7.20. The highest BCUT2D eigenvalue weighted by molar-refractivity contribution is 5.27. The van der Waals surface area contributed by atoms with E-state index in [0.29, 0.717) is 23.1 Å². The average Bonchev–Trinajstić information content (AvgIpc) is 2.36. The van der Waals surface area contributed by atoms with E-state index in [4.69, 9.17) is 0 Å². The zero-order chi connectivity index (χ0) is 14.0. The number of benzene rings is 1. The van der Waals surface area contributed by atoms with Crippen molar-refractivity contribution < 1.29 is 8.78 Å². The Morgan fingerprint density at radius 1 is 1.16 bits per heavy atom. The summed E-state index contributed by atoms with van der Waals surface area (Å²) in [6.07, 6.45) is 4.84. The molecular formula is C16H23F2N. The molecule has 19 heavy (non-hydrogen) atoms. The molecule has 1 aliphatic carbocycles. The molecule has 0 radical (unpaired) electrons. The average molecular weight is 267 g/mol. The van der Waals surface area contributed by atoms with Gasteiger partial charge in [-0.2, -0.15) is 0 Å². The van der Waals surface area contributed by atoms with Gasteiger partial charge in [-0.1, -0.05) is 19.8 Å². The molecule has 0 aliphatic heterocycles. The Bertz CT molecular complexity index is 445. The molecule has 0 heterocycles. The third-order valence-electron chi connectivity index (χ3n) is 4.32. The van der Waals surface area contributed by atoms with Crippen LogP contribution in [0.5, 0.6) is 0 Å². The Hall–Kier alpha value is -0.960. The highest BCUT2D eigenvalue weighted by Gasteiger charge is 2.24. The van der Waals surface area contributed by atoms with Gasteiger partial charge in [0.15, 0.2) is 0 Å². The Labute approximate surface area is 114 Å². The minimum absolute atomic E-state index is 0.152. The van der Waals surface area contributed by atoms with Crippen molar-refractivity contribution in [3.8, 4) is 0 Å². The zero-order valence-corrected chi connectivity index (χ0v) is 12.0. The molecule has 1 aromatic carbocycles. The van der Waals surface area contributed by atoms with Gasteiger partial charge < -0.3 is 5.32 Å². The van der Waals surface area contributed by atoms with Gasteiger partial charge in [-0.3, -0.25) is 0 Å². The smallest absolute Gasteiger partial charge is 0.128 e. The van der Waals surface area contributed by atoms with E-state index in [1.54, 1.807) is 6.92 Å². The van der Waals surface area contributed by atoms with Crippen LogP contribution in [0.4, 0.5) is 8.78 Å². The number of halogens is 2. The summed E-state index contributed by atoms with van der Waals surface area (Å²) in [6.45, 7) is 5.73. The second kappa shape index (κ2) is 6.00. The van der Waals surface area contributed by atoms with Crippen molar-refractivity contribution in [3.63, 3.8) is 0 Å². The van der Waals surface area contributed by atoms with Crippen molar-refractivity contribution in [2.45, 2.75) is 58.5 Å². The van der Waals surface area contributed by atoms with E-state index in [9.17, 15) is 8.78 Å². The standard InChI is InChI=1S/C16H23F2N/c1-10-6-4-5-7-16(10)19-12(3)13-9-14(17)11(2)8-15(13)18/h8-10,12,16,19H,4-7H2,1-3H3. The van der Waals surface area contributed by atoms with Gasteiger partial charge in [0, 0.05) is 17.6 Å². The van der Waals surface area contributed by atoms with Crippen LogP contribution in [-0.2, 0) is 0 Å². The molecule has 3 atom stereocenters. The van der Waals surface area contributed by atoms with E-state index in [-0.39, 0.29) is 17.7 Å². The molecule has 0 aromatic heterocycles. The third-order valence-corrected chi connectivity index (χ3v) is 4.32. The van der Waals surface area contributed by atoms with Crippen molar-refractivity contribution in [2.24, 2.45) is 5.92 Å². The minimum Gasteiger partial charge on any atom is -0.307 e. The fraction of sp³-hybridized carbons (Fsp3) is 0.625. The van der Waals surface area contributed by atoms with Crippen LogP contribution in [-0.4, -0.2) is 6.04 Å². The number of nitrogens with one attached hydrogen (secondary N) is 1. The molecule has 106 valence electrons. The van der Waals surface area contributed by atoms with Crippen molar-refractivity contribution in [2.75, 3.05) is 0 Å². The first kappa shape index (κ1) is 14.4. The Balaban J connectivity index is 2.11. The number of rotatable bonds is 3. The summed E-state index contributed by atoms with van der Waals surface area (Å²) in [6, 6.07) is 2.87. The van der Waals surface area contributed by atoms with Crippen molar-refractivity contribution >= 4 is 0 Å².